The number of fused-ring (bicyclic) bond motifs is 1. The average molecular weight is 372 g/mol. The van der Waals surface area contributed by atoms with Crippen molar-refractivity contribution >= 4 is 28.5 Å². The molecular weight excluding hydrogens is 354 g/mol. The number of esters is 1. The molecule has 6 heteroatoms. The van der Waals surface area contributed by atoms with Gasteiger partial charge in [-0.05, 0) is 44.2 Å². The highest BCUT2D eigenvalue weighted by Gasteiger charge is 2.18. The fraction of sp³-hybridized carbons (Fsp3) is 0.200. The molecule has 0 aliphatic carbocycles. The summed E-state index contributed by atoms with van der Waals surface area (Å²) in [6.45, 7) is 3.69. The van der Waals surface area contributed by atoms with Gasteiger partial charge in [0.25, 0.3) is 0 Å². The summed E-state index contributed by atoms with van der Waals surface area (Å²) >= 11 is 5.98. The van der Waals surface area contributed by atoms with Gasteiger partial charge in [0.05, 0.1) is 18.3 Å². The molecule has 0 radical (unpaired) electrons. The minimum atomic E-state index is -0.739. The second kappa shape index (κ2) is 8.06. The second-order valence-electron chi connectivity index (χ2n) is 5.57. The Kier molecular flexibility index (Phi) is 5.58. The summed E-state index contributed by atoms with van der Waals surface area (Å²) in [7, 11) is 0. The maximum Gasteiger partial charge on any atom is 0.347 e. The Hall–Kier alpha value is -2.79. The zero-order chi connectivity index (χ0) is 18.5. The molecule has 1 aromatic heterocycles. The van der Waals surface area contributed by atoms with E-state index in [0.717, 1.165) is 10.9 Å². The molecule has 134 valence electrons. The van der Waals surface area contributed by atoms with Crippen molar-refractivity contribution in [1.82, 2.24) is 4.98 Å². The molecule has 26 heavy (non-hydrogen) atoms. The number of carbonyl (C=O) groups is 1. The van der Waals surface area contributed by atoms with Gasteiger partial charge in [0.1, 0.15) is 5.75 Å². The van der Waals surface area contributed by atoms with Crippen LogP contribution in [0.25, 0.3) is 10.9 Å². The van der Waals surface area contributed by atoms with Crippen LogP contribution in [-0.2, 0) is 9.53 Å². The molecule has 0 N–H and O–H groups in total. The van der Waals surface area contributed by atoms with Crippen LogP contribution >= 0.6 is 11.6 Å². The van der Waals surface area contributed by atoms with E-state index >= 15 is 0 Å². The fourth-order valence-electron chi connectivity index (χ4n) is 2.39. The topological polar surface area (TPSA) is 57.7 Å². The largest absolute Gasteiger partial charge is 0.475 e. The summed E-state index contributed by atoms with van der Waals surface area (Å²) in [4.78, 5) is 16.1. The smallest absolute Gasteiger partial charge is 0.347 e. The minimum absolute atomic E-state index is 0.303. The number of para-hydroxylation sites is 2. The van der Waals surface area contributed by atoms with Gasteiger partial charge in [0, 0.05) is 10.4 Å². The summed E-state index contributed by atoms with van der Waals surface area (Å²) in [5.74, 6) is 1.06. The van der Waals surface area contributed by atoms with Gasteiger partial charge in [-0.15, -0.1) is 0 Å². The Labute approximate surface area is 156 Å². The summed E-state index contributed by atoms with van der Waals surface area (Å²) in [6, 6.07) is 14.5. The lowest BCUT2D eigenvalue weighted by Crippen LogP contribution is -2.26. The van der Waals surface area contributed by atoms with Crippen LogP contribution in [0.2, 0.25) is 5.02 Å². The first-order valence-electron chi connectivity index (χ1n) is 8.22. The first-order chi connectivity index (χ1) is 12.6. The number of carbonyl (C=O) groups excluding carboxylic acids is 1. The van der Waals surface area contributed by atoms with Crippen molar-refractivity contribution in [3.05, 3.63) is 59.8 Å². The Bertz CT molecular complexity index is 929. The molecule has 0 saturated heterocycles. The summed E-state index contributed by atoms with van der Waals surface area (Å²) in [6.07, 6.45) is 0.876. The third-order valence-electron chi connectivity index (χ3n) is 3.62. The van der Waals surface area contributed by atoms with E-state index in [1.54, 1.807) is 50.4 Å². The SMILES string of the molecule is CCOC(=O)C(C)Oc1ccccc1Oc1cnc2cc(Cl)ccc2c1. The minimum Gasteiger partial charge on any atom is -0.475 e. The monoisotopic (exact) mass is 371 g/mol. The Morgan fingerprint density at radius 2 is 1.92 bits per heavy atom. The molecular formula is C20H18ClNO4. The highest BCUT2D eigenvalue weighted by atomic mass is 35.5. The van der Waals surface area contributed by atoms with Gasteiger partial charge in [-0.2, -0.15) is 0 Å². The lowest BCUT2D eigenvalue weighted by atomic mass is 10.2. The number of ether oxygens (including phenoxy) is 3. The van der Waals surface area contributed by atoms with Crippen LogP contribution in [0.5, 0.6) is 17.2 Å². The van der Waals surface area contributed by atoms with Crippen LogP contribution in [-0.4, -0.2) is 23.7 Å². The van der Waals surface area contributed by atoms with E-state index < -0.39 is 12.1 Å². The van der Waals surface area contributed by atoms with Gasteiger partial charge in [0.15, 0.2) is 17.6 Å². The molecule has 1 atom stereocenters. The predicted molar refractivity (Wildman–Crippen MR) is 100.0 cm³/mol. The van der Waals surface area contributed by atoms with Gasteiger partial charge < -0.3 is 14.2 Å². The van der Waals surface area contributed by atoms with E-state index in [1.165, 1.54) is 0 Å². The number of benzene rings is 2. The van der Waals surface area contributed by atoms with Gasteiger partial charge in [-0.1, -0.05) is 29.8 Å². The van der Waals surface area contributed by atoms with Crippen molar-refractivity contribution in [2.45, 2.75) is 20.0 Å². The molecule has 0 fully saturated rings. The Balaban J connectivity index is 1.82. The fourth-order valence-corrected chi connectivity index (χ4v) is 2.55. The quantitative estimate of drug-likeness (QED) is 0.570. The second-order valence-corrected chi connectivity index (χ2v) is 6.01. The van der Waals surface area contributed by atoms with Crippen molar-refractivity contribution < 1.29 is 19.0 Å². The highest BCUT2D eigenvalue weighted by Crippen LogP contribution is 2.33. The standard InChI is InChI=1S/C20H18ClNO4/c1-3-24-20(23)13(2)25-18-6-4-5-7-19(18)26-16-10-14-8-9-15(21)11-17(14)22-12-16/h4-13H,3H2,1-2H3. The van der Waals surface area contributed by atoms with Crippen molar-refractivity contribution in [3.63, 3.8) is 0 Å². The van der Waals surface area contributed by atoms with Crippen molar-refractivity contribution in [2.24, 2.45) is 0 Å². The summed E-state index contributed by atoms with van der Waals surface area (Å²) in [5.41, 5.74) is 0.783. The van der Waals surface area contributed by atoms with E-state index in [4.69, 9.17) is 25.8 Å². The number of hydrogen-bond donors (Lipinski definition) is 0. The normalized spacial score (nSPS) is 11.8. The van der Waals surface area contributed by atoms with Crippen LogP contribution < -0.4 is 9.47 Å². The van der Waals surface area contributed by atoms with Crippen LogP contribution in [0.3, 0.4) is 0 Å². The zero-order valence-electron chi connectivity index (χ0n) is 14.4. The molecule has 0 spiro atoms. The molecule has 1 heterocycles. The number of hydrogen-bond acceptors (Lipinski definition) is 5. The molecule has 0 aliphatic heterocycles. The maximum absolute atomic E-state index is 11.8. The van der Waals surface area contributed by atoms with Crippen LogP contribution in [0.1, 0.15) is 13.8 Å². The first-order valence-corrected chi connectivity index (χ1v) is 8.60. The van der Waals surface area contributed by atoms with Gasteiger partial charge >= 0.3 is 5.97 Å². The third kappa shape index (κ3) is 4.24. The molecule has 0 aliphatic rings. The molecule has 0 bridgehead atoms. The molecule has 3 rings (SSSR count). The Morgan fingerprint density at radius 1 is 1.15 bits per heavy atom. The third-order valence-corrected chi connectivity index (χ3v) is 3.86. The van der Waals surface area contributed by atoms with E-state index in [1.807, 2.05) is 18.2 Å². The number of rotatable bonds is 6. The van der Waals surface area contributed by atoms with Crippen molar-refractivity contribution in [1.29, 1.82) is 0 Å². The van der Waals surface area contributed by atoms with Crippen molar-refractivity contribution in [3.8, 4) is 17.2 Å². The van der Waals surface area contributed by atoms with Crippen LogP contribution in [0.15, 0.2) is 54.7 Å². The van der Waals surface area contributed by atoms with Gasteiger partial charge in [0.2, 0.25) is 0 Å². The molecule has 5 nitrogen and oxygen atoms in total. The van der Waals surface area contributed by atoms with Crippen LogP contribution in [0, 0.1) is 0 Å². The number of pyridine rings is 1. The van der Waals surface area contributed by atoms with Crippen molar-refractivity contribution in [2.75, 3.05) is 6.61 Å². The maximum atomic E-state index is 11.8. The molecule has 1 unspecified atom stereocenters. The zero-order valence-corrected chi connectivity index (χ0v) is 15.2. The predicted octanol–water partition coefficient (Wildman–Crippen LogP) is 5.01. The number of aromatic nitrogens is 1. The van der Waals surface area contributed by atoms with E-state index in [2.05, 4.69) is 4.98 Å². The molecule has 0 saturated carbocycles. The highest BCUT2D eigenvalue weighted by molar-refractivity contribution is 6.31. The first kappa shape index (κ1) is 18.0. The van der Waals surface area contributed by atoms with E-state index in [9.17, 15) is 4.79 Å². The van der Waals surface area contributed by atoms with E-state index in [0.29, 0.717) is 28.9 Å². The molecule has 3 aromatic rings. The lowest BCUT2D eigenvalue weighted by molar-refractivity contribution is -0.150. The van der Waals surface area contributed by atoms with Crippen LogP contribution in [0.4, 0.5) is 0 Å². The molecule has 2 aromatic carbocycles. The number of nitrogens with zero attached hydrogens (tertiary/aromatic N) is 1. The molecule has 0 amide bonds. The van der Waals surface area contributed by atoms with Gasteiger partial charge in [-0.25, -0.2) is 4.79 Å². The van der Waals surface area contributed by atoms with Gasteiger partial charge in [-0.3, -0.25) is 4.98 Å². The summed E-state index contributed by atoms with van der Waals surface area (Å²) < 4.78 is 16.6. The summed E-state index contributed by atoms with van der Waals surface area (Å²) in [5, 5.41) is 1.54. The Morgan fingerprint density at radius 3 is 2.69 bits per heavy atom. The number of halogens is 1. The lowest BCUT2D eigenvalue weighted by Gasteiger charge is -2.16. The van der Waals surface area contributed by atoms with E-state index in [-0.39, 0.29) is 0 Å². The average Bonchev–Trinajstić information content (AvgIpc) is 2.63.